The van der Waals surface area contributed by atoms with Crippen LogP contribution < -0.4 is 20.1 Å². The number of rotatable bonds is 7. The first-order valence-corrected chi connectivity index (χ1v) is 10.8. The summed E-state index contributed by atoms with van der Waals surface area (Å²) >= 11 is 0. The molecule has 0 aliphatic carbocycles. The first-order chi connectivity index (χ1) is 14.8. The van der Waals surface area contributed by atoms with Crippen molar-refractivity contribution in [2.45, 2.75) is 45.8 Å². The third kappa shape index (κ3) is 7.10. The Morgan fingerprint density at radius 3 is 2.58 bits per heavy atom. The number of para-hydroxylation sites is 2. The average Bonchev–Trinajstić information content (AvgIpc) is 2.74. The van der Waals surface area contributed by atoms with E-state index in [4.69, 9.17) is 9.47 Å². The Morgan fingerprint density at radius 1 is 1.16 bits per heavy atom. The Bertz CT molecular complexity index is 860. The van der Waals surface area contributed by atoms with Crippen molar-refractivity contribution in [1.29, 1.82) is 0 Å². The number of amides is 2. The summed E-state index contributed by atoms with van der Waals surface area (Å²) in [6, 6.07) is 7.24. The molecule has 2 N–H and O–H groups in total. The highest BCUT2D eigenvalue weighted by Gasteiger charge is 2.23. The molecule has 2 aromatic rings. The summed E-state index contributed by atoms with van der Waals surface area (Å²) in [5.74, 6) is 1.77. The minimum atomic E-state index is -0.307. The van der Waals surface area contributed by atoms with Gasteiger partial charge in [0.2, 0.25) is 5.88 Å². The molecule has 0 unspecified atom stereocenters. The van der Waals surface area contributed by atoms with Crippen LogP contribution in [0.2, 0.25) is 0 Å². The van der Waals surface area contributed by atoms with E-state index in [1.165, 1.54) is 0 Å². The van der Waals surface area contributed by atoms with Gasteiger partial charge in [-0.15, -0.1) is 0 Å². The maximum absolute atomic E-state index is 11.6. The number of aromatic nitrogens is 2. The lowest BCUT2D eigenvalue weighted by atomic mass is 9.97. The van der Waals surface area contributed by atoms with Crippen LogP contribution >= 0.6 is 0 Å². The van der Waals surface area contributed by atoms with Crippen LogP contribution in [0.5, 0.6) is 11.6 Å². The van der Waals surface area contributed by atoms with E-state index < -0.39 is 0 Å². The molecule has 0 bridgehead atoms. The smallest absolute Gasteiger partial charge is 0.319 e. The first-order valence-electron chi connectivity index (χ1n) is 10.8. The lowest BCUT2D eigenvalue weighted by molar-refractivity contribution is 0.112. The highest BCUT2D eigenvalue weighted by atomic mass is 16.5. The van der Waals surface area contributed by atoms with Gasteiger partial charge in [0.15, 0.2) is 0 Å². The summed E-state index contributed by atoms with van der Waals surface area (Å²) < 4.78 is 12.0. The zero-order chi connectivity index (χ0) is 22.3. The van der Waals surface area contributed by atoms with E-state index >= 15 is 0 Å². The van der Waals surface area contributed by atoms with Gasteiger partial charge < -0.3 is 20.1 Å². The van der Waals surface area contributed by atoms with Gasteiger partial charge in [0.1, 0.15) is 17.0 Å². The Balaban J connectivity index is 1.50. The molecule has 8 heteroatoms. The van der Waals surface area contributed by atoms with Gasteiger partial charge in [-0.05, 0) is 64.8 Å². The van der Waals surface area contributed by atoms with Crippen molar-refractivity contribution < 1.29 is 14.3 Å². The number of carbonyl (C=O) groups is 1. The van der Waals surface area contributed by atoms with Crippen LogP contribution in [0.4, 0.5) is 10.5 Å². The zero-order valence-electron chi connectivity index (χ0n) is 18.9. The van der Waals surface area contributed by atoms with E-state index in [1.807, 2.05) is 45.0 Å². The van der Waals surface area contributed by atoms with Gasteiger partial charge in [0.25, 0.3) is 0 Å². The van der Waals surface area contributed by atoms with Crippen LogP contribution in [0.1, 0.15) is 39.3 Å². The lowest BCUT2D eigenvalue weighted by Crippen LogP contribution is -2.35. The molecule has 0 spiro atoms. The van der Waals surface area contributed by atoms with Gasteiger partial charge >= 0.3 is 6.03 Å². The minimum absolute atomic E-state index is 0.261. The molecule has 2 heterocycles. The molecule has 1 aromatic heterocycles. The summed E-state index contributed by atoms with van der Waals surface area (Å²) in [7, 11) is 1.59. The van der Waals surface area contributed by atoms with Gasteiger partial charge in [0.05, 0.1) is 12.3 Å². The second-order valence-corrected chi connectivity index (χ2v) is 8.75. The van der Waals surface area contributed by atoms with E-state index in [9.17, 15) is 4.79 Å². The summed E-state index contributed by atoms with van der Waals surface area (Å²) in [6.07, 6.45) is 5.47. The van der Waals surface area contributed by atoms with Crippen molar-refractivity contribution in [3.63, 3.8) is 0 Å². The number of ether oxygens (including phenoxy) is 2. The normalized spacial score (nSPS) is 15.4. The van der Waals surface area contributed by atoms with Crippen LogP contribution in [0.25, 0.3) is 0 Å². The Kier molecular flexibility index (Phi) is 7.68. The van der Waals surface area contributed by atoms with Crippen molar-refractivity contribution in [2.24, 2.45) is 5.92 Å². The summed E-state index contributed by atoms with van der Waals surface area (Å²) in [4.78, 5) is 22.9. The first kappa shape index (κ1) is 22.8. The van der Waals surface area contributed by atoms with Crippen molar-refractivity contribution in [3.05, 3.63) is 42.4 Å². The molecule has 1 aliphatic heterocycles. The minimum Gasteiger partial charge on any atom is -0.491 e. The Morgan fingerprint density at radius 2 is 1.87 bits per heavy atom. The predicted molar refractivity (Wildman–Crippen MR) is 120 cm³/mol. The molecular formula is C23H33N5O3. The highest BCUT2D eigenvalue weighted by molar-refractivity contribution is 5.90. The molecule has 8 nitrogen and oxygen atoms in total. The fourth-order valence-electron chi connectivity index (χ4n) is 3.45. The van der Waals surface area contributed by atoms with E-state index in [-0.39, 0.29) is 11.6 Å². The molecule has 168 valence electrons. The monoisotopic (exact) mass is 427 g/mol. The number of hydrogen-bond donors (Lipinski definition) is 2. The van der Waals surface area contributed by atoms with E-state index in [0.717, 1.165) is 38.2 Å². The Labute approximate surface area is 184 Å². The molecule has 31 heavy (non-hydrogen) atoms. The molecular weight excluding hydrogens is 394 g/mol. The van der Waals surface area contributed by atoms with Crippen LogP contribution in [0.15, 0.2) is 36.7 Å². The molecule has 1 saturated heterocycles. The van der Waals surface area contributed by atoms with E-state index in [2.05, 4.69) is 25.5 Å². The number of hydrogen-bond acceptors (Lipinski definition) is 6. The maximum Gasteiger partial charge on any atom is 0.319 e. The number of nitrogens with zero attached hydrogens (tertiary/aromatic N) is 3. The van der Waals surface area contributed by atoms with E-state index in [1.54, 1.807) is 19.4 Å². The highest BCUT2D eigenvalue weighted by Crippen LogP contribution is 2.27. The molecule has 1 aliphatic rings. The lowest BCUT2D eigenvalue weighted by Gasteiger charge is -2.32. The second kappa shape index (κ2) is 10.4. The molecule has 0 atom stereocenters. The standard InChI is InChI=1S/C23H33N5O3/c1-23(2,3)31-21-19(25-11-12-26-21)15-28-13-9-17(10-14-28)16-30-20-8-6-5-7-18(20)27-22(29)24-4/h5-8,11-12,17H,9-10,13-16H2,1-4H3,(H2,24,27,29). The summed E-state index contributed by atoms with van der Waals surface area (Å²) in [5, 5.41) is 5.35. The topological polar surface area (TPSA) is 88.6 Å². The third-order valence-electron chi connectivity index (χ3n) is 5.06. The largest absolute Gasteiger partial charge is 0.491 e. The number of piperidine rings is 1. The van der Waals surface area contributed by atoms with Crippen LogP contribution in [-0.2, 0) is 6.54 Å². The van der Waals surface area contributed by atoms with Crippen LogP contribution in [0.3, 0.4) is 0 Å². The molecule has 0 saturated carbocycles. The van der Waals surface area contributed by atoms with Gasteiger partial charge in [-0.2, -0.15) is 0 Å². The number of anilines is 1. The van der Waals surface area contributed by atoms with Gasteiger partial charge in [0, 0.05) is 26.0 Å². The van der Waals surface area contributed by atoms with Crippen molar-refractivity contribution in [2.75, 3.05) is 32.1 Å². The summed E-state index contributed by atoms with van der Waals surface area (Å²) in [6.45, 7) is 9.34. The fraction of sp³-hybridized carbons (Fsp3) is 0.522. The Hall–Kier alpha value is -2.87. The average molecular weight is 428 g/mol. The zero-order valence-corrected chi connectivity index (χ0v) is 18.9. The molecule has 0 radical (unpaired) electrons. The number of likely N-dealkylation sites (tertiary alicyclic amines) is 1. The quantitative estimate of drug-likeness (QED) is 0.701. The third-order valence-corrected chi connectivity index (χ3v) is 5.06. The number of nitrogens with one attached hydrogen (secondary N) is 2. The van der Waals surface area contributed by atoms with Crippen molar-refractivity contribution in [1.82, 2.24) is 20.2 Å². The fourth-order valence-corrected chi connectivity index (χ4v) is 3.45. The van der Waals surface area contributed by atoms with Crippen LogP contribution in [0, 0.1) is 5.92 Å². The number of urea groups is 1. The molecule has 1 fully saturated rings. The number of carbonyl (C=O) groups excluding carboxylic acids is 1. The molecule has 3 rings (SSSR count). The van der Waals surface area contributed by atoms with Crippen molar-refractivity contribution in [3.8, 4) is 11.6 Å². The van der Waals surface area contributed by atoms with Gasteiger partial charge in [-0.1, -0.05) is 12.1 Å². The maximum atomic E-state index is 11.6. The molecule has 1 aromatic carbocycles. The van der Waals surface area contributed by atoms with E-state index in [0.29, 0.717) is 29.8 Å². The molecule has 2 amide bonds. The van der Waals surface area contributed by atoms with Crippen molar-refractivity contribution >= 4 is 11.7 Å². The number of benzene rings is 1. The predicted octanol–water partition coefficient (Wildman–Crippen LogP) is 3.70. The van der Waals surface area contributed by atoms with Gasteiger partial charge in [-0.3, -0.25) is 9.88 Å². The SMILES string of the molecule is CNC(=O)Nc1ccccc1OCC1CCN(Cc2nccnc2OC(C)(C)C)CC1. The van der Waals surface area contributed by atoms with Crippen LogP contribution in [-0.4, -0.2) is 53.2 Å². The van der Waals surface area contributed by atoms with Gasteiger partial charge in [-0.25, -0.2) is 9.78 Å². The summed E-state index contributed by atoms with van der Waals surface area (Å²) in [5.41, 5.74) is 1.24. The second-order valence-electron chi connectivity index (χ2n) is 8.75.